The summed E-state index contributed by atoms with van der Waals surface area (Å²) in [5, 5.41) is 0. The van der Waals surface area contributed by atoms with E-state index in [1.54, 1.807) is 6.08 Å². The van der Waals surface area contributed by atoms with Crippen LogP contribution in [0.3, 0.4) is 0 Å². The van der Waals surface area contributed by atoms with E-state index in [9.17, 15) is 4.79 Å². The first kappa shape index (κ1) is 25.3. The molecular formula is C28H38O2S. The monoisotopic (exact) mass is 438 g/mol. The minimum absolute atomic E-state index is 0.0253. The number of carbonyl (C=O) groups is 1. The van der Waals surface area contributed by atoms with Crippen LogP contribution in [-0.4, -0.2) is 18.1 Å². The molecule has 0 bridgehead atoms. The second-order valence-corrected chi connectivity index (χ2v) is 9.13. The third-order valence-electron chi connectivity index (χ3n) is 5.16. The van der Waals surface area contributed by atoms with Gasteiger partial charge in [-0.05, 0) is 66.6 Å². The molecule has 0 aromatic heterocycles. The fourth-order valence-corrected chi connectivity index (χ4v) is 4.11. The molecule has 168 valence electrons. The molecule has 0 N–H and O–H groups in total. The number of unbranched alkanes of at least 4 members (excludes halogenated alkanes) is 7. The molecule has 31 heavy (non-hydrogen) atoms. The molecule has 2 rings (SSSR count). The van der Waals surface area contributed by atoms with Gasteiger partial charge < -0.3 is 4.74 Å². The lowest BCUT2D eigenvalue weighted by molar-refractivity contribution is 0.104. The Kier molecular flexibility index (Phi) is 12.8. The molecule has 0 amide bonds. The lowest BCUT2D eigenvalue weighted by atomic mass is 10.1. The highest BCUT2D eigenvalue weighted by atomic mass is 32.2. The van der Waals surface area contributed by atoms with Gasteiger partial charge in [-0.2, -0.15) is 0 Å². The zero-order valence-corrected chi connectivity index (χ0v) is 20.1. The SMILES string of the molecule is CCCCCCCCCCOc1cccc(C=CC(=O)c2ccc(SCCC)cc2)c1. The number of benzene rings is 2. The van der Waals surface area contributed by atoms with E-state index in [2.05, 4.69) is 13.8 Å². The minimum Gasteiger partial charge on any atom is -0.494 e. The maximum Gasteiger partial charge on any atom is 0.185 e. The Bertz CT molecular complexity index is 780. The van der Waals surface area contributed by atoms with Gasteiger partial charge in [0.25, 0.3) is 0 Å². The van der Waals surface area contributed by atoms with Gasteiger partial charge >= 0.3 is 0 Å². The number of ketones is 1. The van der Waals surface area contributed by atoms with Crippen molar-refractivity contribution in [3.8, 4) is 5.75 Å². The third kappa shape index (κ3) is 10.7. The highest BCUT2D eigenvalue weighted by Crippen LogP contribution is 2.20. The van der Waals surface area contributed by atoms with Gasteiger partial charge in [0.1, 0.15) is 5.75 Å². The minimum atomic E-state index is 0.0253. The first-order valence-corrected chi connectivity index (χ1v) is 12.9. The van der Waals surface area contributed by atoms with Crippen molar-refractivity contribution in [1.82, 2.24) is 0 Å². The second kappa shape index (κ2) is 15.8. The van der Waals surface area contributed by atoms with E-state index in [1.807, 2.05) is 66.4 Å². The van der Waals surface area contributed by atoms with Gasteiger partial charge in [-0.15, -0.1) is 11.8 Å². The molecule has 0 aliphatic carbocycles. The summed E-state index contributed by atoms with van der Waals surface area (Å²) in [5.74, 6) is 2.00. The molecule has 2 nitrogen and oxygen atoms in total. The van der Waals surface area contributed by atoms with E-state index >= 15 is 0 Å². The van der Waals surface area contributed by atoms with E-state index in [-0.39, 0.29) is 5.78 Å². The van der Waals surface area contributed by atoms with Crippen LogP contribution < -0.4 is 4.74 Å². The molecule has 0 saturated heterocycles. The molecule has 0 heterocycles. The number of rotatable bonds is 16. The number of thioether (sulfide) groups is 1. The Morgan fingerprint density at radius 2 is 1.58 bits per heavy atom. The highest BCUT2D eigenvalue weighted by Gasteiger charge is 2.03. The van der Waals surface area contributed by atoms with Crippen molar-refractivity contribution in [2.24, 2.45) is 0 Å². The van der Waals surface area contributed by atoms with Crippen LogP contribution in [0.15, 0.2) is 59.5 Å². The van der Waals surface area contributed by atoms with Crippen molar-refractivity contribution in [2.45, 2.75) is 76.5 Å². The van der Waals surface area contributed by atoms with E-state index in [0.717, 1.165) is 42.1 Å². The van der Waals surface area contributed by atoms with Crippen molar-refractivity contribution >= 4 is 23.6 Å². The van der Waals surface area contributed by atoms with Gasteiger partial charge in [-0.25, -0.2) is 0 Å². The van der Waals surface area contributed by atoms with Crippen molar-refractivity contribution < 1.29 is 9.53 Å². The normalized spacial score (nSPS) is 11.2. The fraction of sp³-hybridized carbons (Fsp3) is 0.464. The third-order valence-corrected chi connectivity index (χ3v) is 6.38. The van der Waals surface area contributed by atoms with E-state index in [1.165, 1.54) is 49.8 Å². The fourth-order valence-electron chi connectivity index (χ4n) is 3.34. The molecule has 2 aromatic rings. The Morgan fingerprint density at radius 1 is 0.871 bits per heavy atom. The summed E-state index contributed by atoms with van der Waals surface area (Å²) in [5.41, 5.74) is 1.70. The summed E-state index contributed by atoms with van der Waals surface area (Å²) < 4.78 is 5.91. The Balaban J connectivity index is 1.73. The average molecular weight is 439 g/mol. The topological polar surface area (TPSA) is 26.3 Å². The number of hydrogen-bond donors (Lipinski definition) is 0. The van der Waals surface area contributed by atoms with E-state index < -0.39 is 0 Å². The van der Waals surface area contributed by atoms with Gasteiger partial charge in [0.15, 0.2) is 5.78 Å². The molecule has 0 saturated carbocycles. The molecule has 0 aliphatic rings. The van der Waals surface area contributed by atoms with Crippen LogP contribution in [0.1, 0.15) is 87.6 Å². The van der Waals surface area contributed by atoms with Crippen LogP contribution in [0, 0.1) is 0 Å². The molecule has 3 heteroatoms. The second-order valence-electron chi connectivity index (χ2n) is 7.97. The van der Waals surface area contributed by atoms with Crippen LogP contribution in [-0.2, 0) is 0 Å². The molecule has 2 aromatic carbocycles. The predicted octanol–water partition coefficient (Wildman–Crippen LogP) is 8.60. The number of allylic oxidation sites excluding steroid dienone is 1. The van der Waals surface area contributed by atoms with Gasteiger partial charge in [0, 0.05) is 10.5 Å². The van der Waals surface area contributed by atoms with Gasteiger partial charge in [0.05, 0.1) is 6.61 Å². The van der Waals surface area contributed by atoms with Crippen LogP contribution in [0.4, 0.5) is 0 Å². The highest BCUT2D eigenvalue weighted by molar-refractivity contribution is 7.99. The smallest absolute Gasteiger partial charge is 0.185 e. The number of carbonyl (C=O) groups excluding carboxylic acids is 1. The summed E-state index contributed by atoms with van der Waals surface area (Å²) in [6, 6.07) is 15.8. The summed E-state index contributed by atoms with van der Waals surface area (Å²) in [4.78, 5) is 13.7. The molecular weight excluding hydrogens is 400 g/mol. The first-order valence-electron chi connectivity index (χ1n) is 11.9. The molecule has 0 unspecified atom stereocenters. The van der Waals surface area contributed by atoms with Crippen molar-refractivity contribution in [3.63, 3.8) is 0 Å². The summed E-state index contributed by atoms with van der Waals surface area (Å²) in [6.45, 7) is 5.18. The zero-order chi connectivity index (χ0) is 22.2. The van der Waals surface area contributed by atoms with Crippen molar-refractivity contribution in [2.75, 3.05) is 12.4 Å². The first-order chi connectivity index (χ1) is 15.2. The van der Waals surface area contributed by atoms with Gasteiger partial charge in [0.2, 0.25) is 0 Å². The van der Waals surface area contributed by atoms with Crippen LogP contribution in [0.25, 0.3) is 6.08 Å². The van der Waals surface area contributed by atoms with Crippen molar-refractivity contribution in [1.29, 1.82) is 0 Å². The Hall–Kier alpha value is -2.00. The summed E-state index contributed by atoms with van der Waals surface area (Å²) >= 11 is 1.82. The van der Waals surface area contributed by atoms with E-state index in [4.69, 9.17) is 4.74 Å². The van der Waals surface area contributed by atoms with E-state index in [0.29, 0.717) is 0 Å². The van der Waals surface area contributed by atoms with Gasteiger partial charge in [-0.3, -0.25) is 4.79 Å². The quantitative estimate of drug-likeness (QED) is 0.114. The maximum atomic E-state index is 12.5. The van der Waals surface area contributed by atoms with Crippen LogP contribution in [0.2, 0.25) is 0 Å². The Morgan fingerprint density at radius 3 is 2.29 bits per heavy atom. The molecule has 0 radical (unpaired) electrons. The lowest BCUT2D eigenvalue weighted by Gasteiger charge is -2.07. The van der Waals surface area contributed by atoms with Crippen LogP contribution in [0.5, 0.6) is 5.75 Å². The van der Waals surface area contributed by atoms with Crippen molar-refractivity contribution in [3.05, 3.63) is 65.7 Å². The summed E-state index contributed by atoms with van der Waals surface area (Å²) in [6.07, 6.45) is 15.0. The predicted molar refractivity (Wildman–Crippen MR) is 135 cm³/mol. The van der Waals surface area contributed by atoms with Crippen LogP contribution >= 0.6 is 11.8 Å². The molecule has 0 atom stereocenters. The molecule has 0 spiro atoms. The lowest BCUT2D eigenvalue weighted by Crippen LogP contribution is -1.97. The Labute approximate surface area is 193 Å². The summed E-state index contributed by atoms with van der Waals surface area (Å²) in [7, 11) is 0. The number of ether oxygens (including phenoxy) is 1. The largest absolute Gasteiger partial charge is 0.494 e. The molecule has 0 fully saturated rings. The average Bonchev–Trinajstić information content (AvgIpc) is 2.81. The standard InChI is InChI=1S/C28H38O2S/c1-3-5-6-7-8-9-10-11-21-30-26-14-12-13-24(23-26)15-20-28(29)25-16-18-27(19-17-25)31-22-4-2/h12-20,23H,3-11,21-22H2,1-2H3. The molecule has 0 aliphatic heterocycles. The maximum absolute atomic E-state index is 12.5. The van der Waals surface area contributed by atoms with Gasteiger partial charge in [-0.1, -0.05) is 77.0 Å². The number of hydrogen-bond acceptors (Lipinski definition) is 3. The zero-order valence-electron chi connectivity index (χ0n) is 19.3.